The molecule has 0 aliphatic carbocycles. The van der Waals surface area contributed by atoms with Gasteiger partial charge in [-0.2, -0.15) is 0 Å². The highest BCUT2D eigenvalue weighted by Crippen LogP contribution is 2.09. The molecular formula is C8H7N2. The third-order valence-electron chi connectivity index (χ3n) is 1.44. The van der Waals surface area contributed by atoms with Gasteiger partial charge in [0.25, 0.3) is 0 Å². The fourth-order valence-corrected chi connectivity index (χ4v) is 1.02. The van der Waals surface area contributed by atoms with E-state index in [9.17, 15) is 0 Å². The number of fused-ring (bicyclic) bond motifs is 1. The first kappa shape index (κ1) is 5.47. The van der Waals surface area contributed by atoms with Crippen molar-refractivity contribution in [3.05, 3.63) is 30.1 Å². The summed E-state index contributed by atoms with van der Waals surface area (Å²) in [6.45, 7) is 1.97. The first-order valence-electron chi connectivity index (χ1n) is 3.19. The molecule has 2 aromatic rings. The van der Waals surface area contributed by atoms with Gasteiger partial charge in [0, 0.05) is 23.3 Å². The summed E-state index contributed by atoms with van der Waals surface area (Å²) in [7, 11) is 0. The van der Waals surface area contributed by atoms with Gasteiger partial charge in [-0.1, -0.05) is 0 Å². The standard InChI is InChI=1S/C8H7N2/c1-6-5-7-3-2-4-9-8(7)10-6/h2-4H,1H3,(H,9,10). The molecule has 1 N–H and O–H groups in total. The molecule has 2 aromatic heterocycles. The molecule has 49 valence electrons. The van der Waals surface area contributed by atoms with Gasteiger partial charge in [0.05, 0.1) is 0 Å². The number of H-pyrrole nitrogens is 1. The second kappa shape index (κ2) is 1.84. The number of nitrogens with zero attached hydrogens (tertiary/aromatic N) is 1. The van der Waals surface area contributed by atoms with Crippen molar-refractivity contribution in [1.29, 1.82) is 0 Å². The average Bonchev–Trinajstić information content (AvgIpc) is 2.27. The zero-order chi connectivity index (χ0) is 6.97. The van der Waals surface area contributed by atoms with Gasteiger partial charge in [-0.05, 0) is 19.1 Å². The number of nitrogens with one attached hydrogen (secondary N) is 1. The maximum Gasteiger partial charge on any atom is 0.138 e. The predicted octanol–water partition coefficient (Wildman–Crippen LogP) is 1.67. The van der Waals surface area contributed by atoms with Gasteiger partial charge in [0.15, 0.2) is 0 Å². The molecule has 0 bridgehead atoms. The van der Waals surface area contributed by atoms with E-state index < -0.39 is 0 Å². The van der Waals surface area contributed by atoms with Crippen molar-refractivity contribution in [3.8, 4) is 0 Å². The summed E-state index contributed by atoms with van der Waals surface area (Å²) in [6.07, 6.45) is 1.77. The minimum absolute atomic E-state index is 0.917. The lowest BCUT2D eigenvalue weighted by atomic mass is 10.3. The smallest absolute Gasteiger partial charge is 0.138 e. The number of aromatic amines is 1. The molecule has 0 unspecified atom stereocenters. The summed E-state index contributed by atoms with van der Waals surface area (Å²) in [5.41, 5.74) is 1.95. The molecule has 0 amide bonds. The molecule has 0 spiro atoms. The van der Waals surface area contributed by atoms with E-state index in [1.165, 1.54) is 0 Å². The molecular weight excluding hydrogens is 124 g/mol. The van der Waals surface area contributed by atoms with Crippen molar-refractivity contribution >= 4 is 11.0 Å². The largest absolute Gasteiger partial charge is 0.343 e. The summed E-state index contributed by atoms with van der Waals surface area (Å²) in [4.78, 5) is 7.21. The topological polar surface area (TPSA) is 28.7 Å². The number of pyridine rings is 1. The zero-order valence-corrected chi connectivity index (χ0v) is 5.68. The second-order valence-corrected chi connectivity index (χ2v) is 2.27. The highest BCUT2D eigenvalue weighted by atomic mass is 14.8. The van der Waals surface area contributed by atoms with Crippen LogP contribution in [0.15, 0.2) is 18.3 Å². The van der Waals surface area contributed by atoms with Crippen LogP contribution in [0.2, 0.25) is 0 Å². The lowest BCUT2D eigenvalue weighted by molar-refractivity contribution is 1.25. The van der Waals surface area contributed by atoms with E-state index in [0.717, 1.165) is 16.7 Å². The monoisotopic (exact) mass is 131 g/mol. The number of hydrogen-bond acceptors (Lipinski definition) is 1. The highest BCUT2D eigenvalue weighted by molar-refractivity contribution is 5.75. The Morgan fingerprint density at radius 2 is 2.50 bits per heavy atom. The molecule has 0 saturated heterocycles. The second-order valence-electron chi connectivity index (χ2n) is 2.27. The van der Waals surface area contributed by atoms with Crippen molar-refractivity contribution in [1.82, 2.24) is 9.97 Å². The van der Waals surface area contributed by atoms with Gasteiger partial charge in [-0.3, -0.25) is 0 Å². The molecule has 0 aliphatic rings. The van der Waals surface area contributed by atoms with Gasteiger partial charge in [-0.25, -0.2) is 4.98 Å². The Bertz CT molecular complexity index is 316. The lowest BCUT2D eigenvalue weighted by Crippen LogP contribution is -1.72. The van der Waals surface area contributed by atoms with Crippen LogP contribution in [0.3, 0.4) is 0 Å². The Kier molecular flexibility index (Phi) is 1.01. The zero-order valence-electron chi connectivity index (χ0n) is 5.68. The summed E-state index contributed by atoms with van der Waals surface area (Å²) >= 11 is 0. The van der Waals surface area contributed by atoms with E-state index in [4.69, 9.17) is 0 Å². The van der Waals surface area contributed by atoms with E-state index in [0.29, 0.717) is 0 Å². The molecule has 1 radical (unpaired) electrons. The van der Waals surface area contributed by atoms with Gasteiger partial charge < -0.3 is 4.98 Å². The molecule has 10 heavy (non-hydrogen) atoms. The fraction of sp³-hybridized carbons (Fsp3) is 0.125. The number of aromatic nitrogens is 2. The van der Waals surface area contributed by atoms with Crippen LogP contribution in [0.25, 0.3) is 11.0 Å². The van der Waals surface area contributed by atoms with E-state index in [-0.39, 0.29) is 0 Å². The molecule has 0 fully saturated rings. The highest BCUT2D eigenvalue weighted by Gasteiger charge is 1.94. The number of rotatable bonds is 0. The molecule has 0 aromatic carbocycles. The normalized spacial score (nSPS) is 10.5. The van der Waals surface area contributed by atoms with Crippen LogP contribution in [0, 0.1) is 13.0 Å². The van der Waals surface area contributed by atoms with Crippen molar-refractivity contribution in [2.75, 3.05) is 0 Å². The van der Waals surface area contributed by atoms with Crippen LogP contribution in [0.5, 0.6) is 0 Å². The molecule has 2 rings (SSSR count). The van der Waals surface area contributed by atoms with Crippen LogP contribution < -0.4 is 0 Å². The van der Waals surface area contributed by atoms with Crippen LogP contribution in [-0.4, -0.2) is 9.97 Å². The van der Waals surface area contributed by atoms with E-state index in [2.05, 4.69) is 16.0 Å². The molecule has 0 saturated carbocycles. The average molecular weight is 131 g/mol. The Morgan fingerprint density at radius 1 is 1.60 bits per heavy atom. The predicted molar refractivity (Wildman–Crippen MR) is 39.7 cm³/mol. The summed E-state index contributed by atoms with van der Waals surface area (Å²) in [5.74, 6) is 0. The minimum atomic E-state index is 0.917. The molecule has 0 atom stereocenters. The van der Waals surface area contributed by atoms with Crippen molar-refractivity contribution in [2.24, 2.45) is 0 Å². The van der Waals surface area contributed by atoms with Crippen LogP contribution in [-0.2, 0) is 0 Å². The third-order valence-corrected chi connectivity index (χ3v) is 1.44. The molecule has 0 aliphatic heterocycles. The summed E-state index contributed by atoms with van der Waals surface area (Å²) < 4.78 is 0. The Morgan fingerprint density at radius 3 is 3.30 bits per heavy atom. The SMILES string of the molecule is Cc1[c]c2cccnc2[nH]1. The van der Waals surface area contributed by atoms with Gasteiger partial charge in [-0.15, -0.1) is 0 Å². The molecule has 2 heteroatoms. The molecule has 2 nitrogen and oxygen atoms in total. The quantitative estimate of drug-likeness (QED) is 0.578. The first-order valence-corrected chi connectivity index (χ1v) is 3.19. The van der Waals surface area contributed by atoms with Crippen LogP contribution >= 0.6 is 0 Å². The minimum Gasteiger partial charge on any atom is -0.343 e. The Labute approximate surface area is 58.9 Å². The van der Waals surface area contributed by atoms with Gasteiger partial charge in [0.1, 0.15) is 5.65 Å². The van der Waals surface area contributed by atoms with E-state index in [1.807, 2.05) is 19.1 Å². The van der Waals surface area contributed by atoms with Crippen LogP contribution in [0.4, 0.5) is 0 Å². The van der Waals surface area contributed by atoms with Gasteiger partial charge in [0.2, 0.25) is 0 Å². The maximum absolute atomic E-state index is 4.12. The number of aryl methyl sites for hydroxylation is 1. The summed E-state index contributed by atoms with van der Waals surface area (Å²) in [5, 5.41) is 1.06. The lowest BCUT2D eigenvalue weighted by Gasteiger charge is -1.82. The Hall–Kier alpha value is -1.31. The Balaban J connectivity index is 2.88. The third kappa shape index (κ3) is 0.692. The number of hydrogen-bond donors (Lipinski definition) is 1. The van der Waals surface area contributed by atoms with E-state index >= 15 is 0 Å². The van der Waals surface area contributed by atoms with Crippen LogP contribution in [0.1, 0.15) is 5.69 Å². The first-order chi connectivity index (χ1) is 4.86. The van der Waals surface area contributed by atoms with Gasteiger partial charge >= 0.3 is 0 Å². The molecule has 2 heterocycles. The van der Waals surface area contributed by atoms with E-state index in [1.54, 1.807) is 6.20 Å². The van der Waals surface area contributed by atoms with Crippen molar-refractivity contribution < 1.29 is 0 Å². The van der Waals surface area contributed by atoms with Crippen molar-refractivity contribution in [3.63, 3.8) is 0 Å². The van der Waals surface area contributed by atoms with Crippen molar-refractivity contribution in [2.45, 2.75) is 6.92 Å². The maximum atomic E-state index is 4.12. The summed E-state index contributed by atoms with van der Waals surface area (Å²) in [6, 6.07) is 7.04. The fourth-order valence-electron chi connectivity index (χ4n) is 1.02.